The molecule has 0 unspecified atom stereocenters. The zero-order valence-corrected chi connectivity index (χ0v) is 12.0. The maximum atomic E-state index is 11.9. The van der Waals surface area contributed by atoms with Crippen molar-refractivity contribution >= 4 is 23.6 Å². The molecule has 2 rings (SSSR count). The highest BCUT2D eigenvalue weighted by Crippen LogP contribution is 2.39. The molecule has 1 aromatic carbocycles. The van der Waals surface area contributed by atoms with Gasteiger partial charge in [0.05, 0.1) is 5.75 Å². The maximum absolute atomic E-state index is 11.9. The predicted molar refractivity (Wildman–Crippen MR) is 76.8 cm³/mol. The van der Waals surface area contributed by atoms with Gasteiger partial charge in [-0.25, -0.2) is 0 Å². The Morgan fingerprint density at radius 2 is 2.21 bits per heavy atom. The van der Waals surface area contributed by atoms with Crippen molar-refractivity contribution in [2.75, 3.05) is 18.8 Å². The number of hydrogen-bond acceptors (Lipinski definition) is 3. The van der Waals surface area contributed by atoms with E-state index in [0.29, 0.717) is 12.3 Å². The van der Waals surface area contributed by atoms with Crippen molar-refractivity contribution in [3.05, 3.63) is 35.4 Å². The zero-order chi connectivity index (χ0) is 13.8. The third-order valence-corrected chi connectivity index (χ3v) is 4.35. The van der Waals surface area contributed by atoms with Crippen LogP contribution in [-0.4, -0.2) is 35.6 Å². The molecule has 0 bridgehead atoms. The van der Waals surface area contributed by atoms with Gasteiger partial charge in [0.2, 0.25) is 11.8 Å². The fourth-order valence-electron chi connectivity index (χ4n) is 2.15. The molecule has 1 fully saturated rings. The molecule has 2 amide bonds. The first-order valence-corrected chi connectivity index (χ1v) is 7.41. The van der Waals surface area contributed by atoms with E-state index in [1.165, 1.54) is 0 Å². The highest BCUT2D eigenvalue weighted by Gasteiger charge is 2.34. The van der Waals surface area contributed by atoms with Crippen LogP contribution in [0.2, 0.25) is 0 Å². The second-order valence-electron chi connectivity index (χ2n) is 4.50. The summed E-state index contributed by atoms with van der Waals surface area (Å²) in [6.45, 7) is 4.63. The lowest BCUT2D eigenvalue weighted by Gasteiger charge is -2.24. The van der Waals surface area contributed by atoms with Crippen molar-refractivity contribution in [2.24, 2.45) is 0 Å². The van der Waals surface area contributed by atoms with Crippen molar-refractivity contribution in [1.82, 2.24) is 10.2 Å². The lowest BCUT2D eigenvalue weighted by Crippen LogP contribution is -2.39. The van der Waals surface area contributed by atoms with Gasteiger partial charge in [0, 0.05) is 6.54 Å². The van der Waals surface area contributed by atoms with Crippen LogP contribution in [0.1, 0.15) is 23.4 Å². The summed E-state index contributed by atoms with van der Waals surface area (Å²) in [7, 11) is 0. The van der Waals surface area contributed by atoms with E-state index < -0.39 is 0 Å². The molecule has 1 saturated heterocycles. The maximum Gasteiger partial charge on any atom is 0.239 e. The molecule has 1 N–H and O–H groups in total. The van der Waals surface area contributed by atoms with Crippen LogP contribution in [0.15, 0.2) is 24.3 Å². The summed E-state index contributed by atoms with van der Waals surface area (Å²) in [5, 5.41) is 2.69. The van der Waals surface area contributed by atoms with Crippen LogP contribution in [0, 0.1) is 6.92 Å². The molecule has 102 valence electrons. The minimum Gasteiger partial charge on any atom is -0.355 e. The standard InChI is InChI=1S/C14H18N2O2S/c1-3-15-12(17)8-16-13(18)9-19-14(16)11-7-5-4-6-10(11)2/h4-7,14H,3,8-9H2,1-2H3,(H,15,17)/t14-/m0/s1. The average molecular weight is 278 g/mol. The van der Waals surface area contributed by atoms with Crippen LogP contribution >= 0.6 is 11.8 Å². The topological polar surface area (TPSA) is 49.4 Å². The van der Waals surface area contributed by atoms with E-state index in [-0.39, 0.29) is 23.7 Å². The van der Waals surface area contributed by atoms with Crippen LogP contribution < -0.4 is 5.32 Å². The minimum atomic E-state index is -0.100. The van der Waals surface area contributed by atoms with Gasteiger partial charge >= 0.3 is 0 Å². The van der Waals surface area contributed by atoms with Gasteiger partial charge < -0.3 is 10.2 Å². The molecular formula is C14H18N2O2S. The van der Waals surface area contributed by atoms with Gasteiger partial charge in [-0.3, -0.25) is 9.59 Å². The number of carbonyl (C=O) groups excluding carboxylic acids is 2. The number of rotatable bonds is 4. The van der Waals surface area contributed by atoms with Gasteiger partial charge in [-0.2, -0.15) is 0 Å². The number of carbonyl (C=O) groups is 2. The van der Waals surface area contributed by atoms with Crippen LogP contribution in [0.4, 0.5) is 0 Å². The van der Waals surface area contributed by atoms with Crippen molar-refractivity contribution in [2.45, 2.75) is 19.2 Å². The van der Waals surface area contributed by atoms with Crippen LogP contribution in [-0.2, 0) is 9.59 Å². The predicted octanol–water partition coefficient (Wildman–Crippen LogP) is 1.71. The number of aryl methyl sites for hydroxylation is 1. The van der Waals surface area contributed by atoms with E-state index in [1.807, 2.05) is 38.1 Å². The third kappa shape index (κ3) is 3.10. The normalized spacial score (nSPS) is 18.7. The summed E-state index contributed by atoms with van der Waals surface area (Å²) in [6, 6.07) is 8.00. The molecule has 1 heterocycles. The molecule has 1 aliphatic rings. The minimum absolute atomic E-state index is 0.0320. The van der Waals surface area contributed by atoms with E-state index in [4.69, 9.17) is 0 Å². The Labute approximate surface area is 117 Å². The Bertz CT molecular complexity index is 490. The number of benzene rings is 1. The molecular weight excluding hydrogens is 260 g/mol. The van der Waals surface area contributed by atoms with Crippen LogP contribution in [0.3, 0.4) is 0 Å². The molecule has 0 spiro atoms. The first kappa shape index (κ1) is 13.9. The van der Waals surface area contributed by atoms with Gasteiger partial charge in [-0.1, -0.05) is 24.3 Å². The van der Waals surface area contributed by atoms with Gasteiger partial charge in [0.1, 0.15) is 11.9 Å². The second-order valence-corrected chi connectivity index (χ2v) is 5.56. The summed E-state index contributed by atoms with van der Waals surface area (Å²) in [6.07, 6.45) is 0. The number of amides is 2. The van der Waals surface area contributed by atoms with Crippen molar-refractivity contribution in [3.63, 3.8) is 0 Å². The fraction of sp³-hybridized carbons (Fsp3) is 0.429. The smallest absolute Gasteiger partial charge is 0.239 e. The Morgan fingerprint density at radius 1 is 1.47 bits per heavy atom. The summed E-state index contributed by atoms with van der Waals surface area (Å²) < 4.78 is 0. The van der Waals surface area contributed by atoms with Crippen LogP contribution in [0.5, 0.6) is 0 Å². The molecule has 19 heavy (non-hydrogen) atoms. The number of nitrogens with one attached hydrogen (secondary N) is 1. The molecule has 0 aromatic heterocycles. The average Bonchev–Trinajstić information content (AvgIpc) is 2.72. The quantitative estimate of drug-likeness (QED) is 0.912. The molecule has 4 nitrogen and oxygen atoms in total. The fourth-order valence-corrected chi connectivity index (χ4v) is 3.44. The SMILES string of the molecule is CCNC(=O)CN1C(=O)CS[C@H]1c1ccccc1C. The van der Waals surface area contributed by atoms with Gasteiger partial charge in [0.25, 0.3) is 0 Å². The van der Waals surface area contributed by atoms with Crippen LogP contribution in [0.25, 0.3) is 0 Å². The Kier molecular flexibility index (Phi) is 4.47. The Morgan fingerprint density at radius 3 is 2.89 bits per heavy atom. The summed E-state index contributed by atoms with van der Waals surface area (Å²) in [4.78, 5) is 25.3. The summed E-state index contributed by atoms with van der Waals surface area (Å²) >= 11 is 1.58. The monoisotopic (exact) mass is 278 g/mol. The third-order valence-electron chi connectivity index (χ3n) is 3.11. The van der Waals surface area contributed by atoms with Gasteiger partial charge in [0.15, 0.2) is 0 Å². The highest BCUT2D eigenvalue weighted by atomic mass is 32.2. The van der Waals surface area contributed by atoms with Crippen molar-refractivity contribution < 1.29 is 9.59 Å². The molecule has 1 aromatic rings. The van der Waals surface area contributed by atoms with E-state index in [0.717, 1.165) is 11.1 Å². The number of nitrogens with zero attached hydrogens (tertiary/aromatic N) is 1. The van der Waals surface area contributed by atoms with E-state index >= 15 is 0 Å². The molecule has 1 aliphatic heterocycles. The second kappa shape index (κ2) is 6.10. The van der Waals surface area contributed by atoms with E-state index in [9.17, 15) is 9.59 Å². The Balaban J connectivity index is 2.18. The van der Waals surface area contributed by atoms with Crippen molar-refractivity contribution in [3.8, 4) is 0 Å². The highest BCUT2D eigenvalue weighted by molar-refractivity contribution is 8.00. The molecule has 1 atom stereocenters. The lowest BCUT2D eigenvalue weighted by atomic mass is 10.1. The molecule has 0 aliphatic carbocycles. The number of thioether (sulfide) groups is 1. The summed E-state index contributed by atoms with van der Waals surface area (Å²) in [5.74, 6) is 0.375. The van der Waals surface area contributed by atoms with E-state index in [1.54, 1.807) is 16.7 Å². The molecule has 5 heteroatoms. The zero-order valence-electron chi connectivity index (χ0n) is 11.2. The lowest BCUT2D eigenvalue weighted by molar-refractivity contribution is -0.133. The van der Waals surface area contributed by atoms with Gasteiger partial charge in [-0.15, -0.1) is 11.8 Å². The number of hydrogen-bond donors (Lipinski definition) is 1. The van der Waals surface area contributed by atoms with E-state index in [2.05, 4.69) is 5.32 Å². The first-order valence-electron chi connectivity index (χ1n) is 6.36. The summed E-state index contributed by atoms with van der Waals surface area (Å²) in [5.41, 5.74) is 2.26. The molecule has 0 saturated carbocycles. The van der Waals surface area contributed by atoms with Gasteiger partial charge in [-0.05, 0) is 25.0 Å². The van der Waals surface area contributed by atoms with Crippen molar-refractivity contribution in [1.29, 1.82) is 0 Å². The Hall–Kier alpha value is -1.49. The first-order chi connectivity index (χ1) is 9.13. The number of likely N-dealkylation sites (N-methyl/N-ethyl adjacent to an activating group) is 1. The molecule has 0 radical (unpaired) electrons. The largest absolute Gasteiger partial charge is 0.355 e.